The largest absolute Gasteiger partial charge is 0.494 e. The van der Waals surface area contributed by atoms with Gasteiger partial charge in [0.15, 0.2) is 11.5 Å². The van der Waals surface area contributed by atoms with E-state index >= 15 is 0 Å². The number of para-hydroxylation sites is 1. The summed E-state index contributed by atoms with van der Waals surface area (Å²) in [5.74, 6) is 2.01. The van der Waals surface area contributed by atoms with E-state index in [9.17, 15) is 0 Å². The van der Waals surface area contributed by atoms with Crippen LogP contribution in [0.3, 0.4) is 0 Å². The van der Waals surface area contributed by atoms with Gasteiger partial charge in [0.25, 0.3) is 0 Å². The lowest BCUT2D eigenvalue weighted by Gasteiger charge is -2.11. The molecule has 5 aromatic rings. The summed E-state index contributed by atoms with van der Waals surface area (Å²) in [6, 6.07) is 27.6. The van der Waals surface area contributed by atoms with Gasteiger partial charge in [0.05, 0.1) is 14.2 Å². The van der Waals surface area contributed by atoms with Gasteiger partial charge in [-0.2, -0.15) is 0 Å². The van der Waals surface area contributed by atoms with Gasteiger partial charge in [0.1, 0.15) is 29.2 Å². The molecule has 5 heteroatoms. The predicted octanol–water partition coefficient (Wildman–Crippen LogP) is 6.93. The first-order valence-corrected chi connectivity index (χ1v) is 10.6. The third-order valence-corrected chi connectivity index (χ3v) is 5.46. The maximum absolute atomic E-state index is 5.99. The summed E-state index contributed by atoms with van der Waals surface area (Å²) in [4.78, 5) is 4.66. The van der Waals surface area contributed by atoms with E-state index in [2.05, 4.69) is 4.99 Å². The van der Waals surface area contributed by atoms with Crippen LogP contribution in [0, 0.1) is 0 Å². The Bertz CT molecular complexity index is 1440. The number of nitrogens with zero attached hydrogens (tertiary/aromatic N) is 1. The fraction of sp³-hybridized carbons (Fsp3) is 0.107. The van der Waals surface area contributed by atoms with Crippen molar-refractivity contribution in [3.8, 4) is 17.2 Å². The molecule has 0 atom stereocenters. The normalized spacial score (nSPS) is 11.3. The Labute approximate surface area is 191 Å². The first kappa shape index (κ1) is 20.6. The van der Waals surface area contributed by atoms with Crippen molar-refractivity contribution in [3.05, 3.63) is 96.1 Å². The van der Waals surface area contributed by atoms with Gasteiger partial charge in [-0.15, -0.1) is 0 Å². The molecule has 33 heavy (non-hydrogen) atoms. The quantitative estimate of drug-likeness (QED) is 0.259. The number of ether oxygens (including phenoxy) is 3. The SMILES string of the molecule is COc1cc2c(cc1N=Cc1ccc(OCc3ccccc3)c(OC)c1)oc1ccccc12. The van der Waals surface area contributed by atoms with Gasteiger partial charge in [-0.25, -0.2) is 0 Å². The fourth-order valence-corrected chi connectivity index (χ4v) is 3.77. The highest BCUT2D eigenvalue weighted by molar-refractivity contribution is 6.06. The Hall–Kier alpha value is -4.25. The van der Waals surface area contributed by atoms with Crippen molar-refractivity contribution < 1.29 is 18.6 Å². The van der Waals surface area contributed by atoms with E-state index in [1.165, 1.54) is 0 Å². The standard InChI is InChI=1S/C28H23NO4/c1-30-27-15-22-21-10-6-7-11-24(21)33-26(22)16-23(27)29-17-20-12-13-25(28(14-20)31-2)32-18-19-8-4-3-5-9-19/h3-17H,18H2,1-2H3. The molecular weight excluding hydrogens is 414 g/mol. The van der Waals surface area contributed by atoms with Crippen molar-refractivity contribution in [1.29, 1.82) is 0 Å². The lowest BCUT2D eigenvalue weighted by atomic mass is 10.1. The van der Waals surface area contributed by atoms with Crippen LogP contribution in [-0.4, -0.2) is 20.4 Å². The molecule has 0 unspecified atom stereocenters. The molecule has 0 spiro atoms. The molecule has 1 heterocycles. The Kier molecular flexibility index (Phi) is 5.68. The van der Waals surface area contributed by atoms with Crippen LogP contribution in [-0.2, 0) is 6.61 Å². The molecule has 0 amide bonds. The molecule has 0 N–H and O–H groups in total. The molecule has 5 nitrogen and oxygen atoms in total. The van der Waals surface area contributed by atoms with Gasteiger partial charge < -0.3 is 18.6 Å². The third-order valence-electron chi connectivity index (χ3n) is 5.46. The second-order valence-electron chi connectivity index (χ2n) is 7.56. The van der Waals surface area contributed by atoms with Gasteiger partial charge in [-0.05, 0) is 41.5 Å². The maximum Gasteiger partial charge on any atom is 0.161 e. The smallest absolute Gasteiger partial charge is 0.161 e. The van der Waals surface area contributed by atoms with E-state index in [1.54, 1.807) is 20.4 Å². The second kappa shape index (κ2) is 9.09. The lowest BCUT2D eigenvalue weighted by molar-refractivity contribution is 0.284. The van der Waals surface area contributed by atoms with Crippen molar-refractivity contribution in [3.63, 3.8) is 0 Å². The van der Waals surface area contributed by atoms with Crippen molar-refractivity contribution >= 4 is 33.8 Å². The van der Waals surface area contributed by atoms with Crippen molar-refractivity contribution in [2.24, 2.45) is 4.99 Å². The molecule has 0 aliphatic heterocycles. The zero-order chi connectivity index (χ0) is 22.6. The molecule has 0 saturated carbocycles. The van der Waals surface area contributed by atoms with E-state index in [0.717, 1.165) is 33.1 Å². The van der Waals surface area contributed by atoms with Crippen LogP contribution >= 0.6 is 0 Å². The van der Waals surface area contributed by atoms with Crippen LogP contribution in [0.25, 0.3) is 21.9 Å². The number of aliphatic imine (C=N–C) groups is 1. The van der Waals surface area contributed by atoms with Crippen molar-refractivity contribution in [1.82, 2.24) is 0 Å². The van der Waals surface area contributed by atoms with Crippen LogP contribution in [0.1, 0.15) is 11.1 Å². The fourth-order valence-electron chi connectivity index (χ4n) is 3.77. The number of hydrogen-bond acceptors (Lipinski definition) is 5. The van der Waals surface area contributed by atoms with Crippen LogP contribution < -0.4 is 14.2 Å². The second-order valence-corrected chi connectivity index (χ2v) is 7.56. The molecule has 0 bridgehead atoms. The Morgan fingerprint density at radius 2 is 1.52 bits per heavy atom. The Morgan fingerprint density at radius 1 is 0.727 bits per heavy atom. The molecule has 4 aromatic carbocycles. The number of rotatable bonds is 7. The molecule has 0 saturated heterocycles. The zero-order valence-corrected chi connectivity index (χ0v) is 18.4. The highest BCUT2D eigenvalue weighted by atomic mass is 16.5. The van der Waals surface area contributed by atoms with E-state index in [0.29, 0.717) is 29.5 Å². The average molecular weight is 437 g/mol. The monoisotopic (exact) mass is 437 g/mol. The summed E-state index contributed by atoms with van der Waals surface area (Å²) in [5.41, 5.74) is 4.27. The maximum atomic E-state index is 5.99. The van der Waals surface area contributed by atoms with Gasteiger partial charge in [0.2, 0.25) is 0 Å². The number of fused-ring (bicyclic) bond motifs is 3. The molecule has 0 aliphatic carbocycles. The van der Waals surface area contributed by atoms with E-state index < -0.39 is 0 Å². The first-order valence-electron chi connectivity index (χ1n) is 10.6. The highest BCUT2D eigenvalue weighted by Crippen LogP contribution is 2.38. The zero-order valence-electron chi connectivity index (χ0n) is 18.4. The molecule has 5 rings (SSSR count). The van der Waals surface area contributed by atoms with Gasteiger partial charge in [0, 0.05) is 23.1 Å². The number of benzene rings is 4. The minimum Gasteiger partial charge on any atom is -0.494 e. The molecule has 0 aliphatic rings. The number of methoxy groups -OCH3 is 2. The third kappa shape index (κ3) is 4.26. The minimum atomic E-state index is 0.472. The topological polar surface area (TPSA) is 53.2 Å². The van der Waals surface area contributed by atoms with Crippen molar-refractivity contribution in [2.75, 3.05) is 14.2 Å². The number of hydrogen-bond donors (Lipinski definition) is 0. The Balaban J connectivity index is 1.41. The molecule has 164 valence electrons. The van der Waals surface area contributed by atoms with E-state index in [4.69, 9.17) is 18.6 Å². The van der Waals surface area contributed by atoms with Crippen LogP contribution in [0.5, 0.6) is 17.2 Å². The van der Waals surface area contributed by atoms with Crippen LogP contribution in [0.4, 0.5) is 5.69 Å². The van der Waals surface area contributed by atoms with Gasteiger partial charge >= 0.3 is 0 Å². The average Bonchev–Trinajstić information content (AvgIpc) is 3.23. The van der Waals surface area contributed by atoms with E-state index in [1.807, 2.05) is 84.9 Å². The van der Waals surface area contributed by atoms with E-state index in [-0.39, 0.29) is 0 Å². The molecular formula is C28H23NO4. The first-order chi connectivity index (χ1) is 16.2. The van der Waals surface area contributed by atoms with Crippen LogP contribution in [0.2, 0.25) is 0 Å². The predicted molar refractivity (Wildman–Crippen MR) is 131 cm³/mol. The minimum absolute atomic E-state index is 0.472. The van der Waals surface area contributed by atoms with Crippen LogP contribution in [0.15, 0.2) is 94.3 Å². The molecule has 1 aromatic heterocycles. The number of furan rings is 1. The lowest BCUT2D eigenvalue weighted by Crippen LogP contribution is -1.98. The summed E-state index contributed by atoms with van der Waals surface area (Å²) < 4.78 is 23.1. The van der Waals surface area contributed by atoms with Gasteiger partial charge in [-0.3, -0.25) is 4.99 Å². The summed E-state index contributed by atoms with van der Waals surface area (Å²) in [5, 5.41) is 2.06. The summed E-state index contributed by atoms with van der Waals surface area (Å²) in [6.45, 7) is 0.472. The summed E-state index contributed by atoms with van der Waals surface area (Å²) in [6.07, 6.45) is 1.77. The highest BCUT2D eigenvalue weighted by Gasteiger charge is 2.12. The molecule has 0 radical (unpaired) electrons. The Morgan fingerprint density at radius 3 is 2.33 bits per heavy atom. The summed E-state index contributed by atoms with van der Waals surface area (Å²) in [7, 11) is 3.27. The summed E-state index contributed by atoms with van der Waals surface area (Å²) >= 11 is 0. The molecule has 0 fully saturated rings. The van der Waals surface area contributed by atoms with Gasteiger partial charge in [-0.1, -0.05) is 48.5 Å². The van der Waals surface area contributed by atoms with Crippen molar-refractivity contribution in [2.45, 2.75) is 6.61 Å².